The van der Waals surface area contributed by atoms with Gasteiger partial charge in [0.1, 0.15) is 5.60 Å². The van der Waals surface area contributed by atoms with E-state index in [0.717, 1.165) is 32.3 Å². The minimum Gasteiger partial charge on any atom is -0.376 e. The van der Waals surface area contributed by atoms with Gasteiger partial charge in [-0.05, 0) is 35.7 Å². The highest BCUT2D eigenvalue weighted by Gasteiger charge is 2.42. The summed E-state index contributed by atoms with van der Waals surface area (Å²) in [6.07, 6.45) is 0. The van der Waals surface area contributed by atoms with Gasteiger partial charge in [0.2, 0.25) is 0 Å². The van der Waals surface area contributed by atoms with Crippen LogP contribution < -0.4 is 0 Å². The first kappa shape index (κ1) is 13.7. The van der Waals surface area contributed by atoms with Gasteiger partial charge in [0.05, 0.1) is 0 Å². The van der Waals surface area contributed by atoms with Crippen molar-refractivity contribution < 1.29 is 5.11 Å². The molecule has 0 heterocycles. The van der Waals surface area contributed by atoms with Crippen LogP contribution in [0.4, 0.5) is 0 Å². The van der Waals surface area contributed by atoms with Gasteiger partial charge < -0.3 is 5.11 Å². The van der Waals surface area contributed by atoms with Crippen molar-refractivity contribution in [3.63, 3.8) is 0 Å². The van der Waals surface area contributed by atoms with Gasteiger partial charge >= 0.3 is 0 Å². The van der Waals surface area contributed by atoms with Gasteiger partial charge in [-0.1, -0.05) is 76.1 Å². The van der Waals surface area contributed by atoms with Crippen molar-refractivity contribution in [3.8, 4) is 11.1 Å². The van der Waals surface area contributed by atoms with Crippen molar-refractivity contribution >= 4 is 15.9 Å². The van der Waals surface area contributed by atoms with Gasteiger partial charge in [-0.25, -0.2) is 0 Å². The quantitative estimate of drug-likeness (QED) is 0.653. The highest BCUT2D eigenvalue weighted by molar-refractivity contribution is 9.10. The van der Waals surface area contributed by atoms with Crippen LogP contribution in [0.2, 0.25) is 0 Å². The topological polar surface area (TPSA) is 20.2 Å². The van der Waals surface area contributed by atoms with E-state index in [1.165, 1.54) is 5.56 Å². The third-order valence-electron chi connectivity index (χ3n) is 4.45. The van der Waals surface area contributed by atoms with E-state index in [1.54, 1.807) is 0 Å². The Morgan fingerprint density at radius 2 is 1.50 bits per heavy atom. The molecule has 0 saturated carbocycles. The number of halogens is 1. The molecule has 1 N–H and O–H groups in total. The Morgan fingerprint density at radius 3 is 2.27 bits per heavy atom. The standard InChI is InChI=1S/C20H15BrO/c1-13-6-8-14(9-7-13)20(22)18-5-3-2-4-16(18)17-12-15(21)10-11-19(17)20/h2-12,22H,1H3. The molecule has 4 rings (SSSR count). The van der Waals surface area contributed by atoms with Crippen LogP contribution in [-0.2, 0) is 5.60 Å². The van der Waals surface area contributed by atoms with Crippen LogP contribution in [0.25, 0.3) is 11.1 Å². The Bertz CT molecular complexity index is 867. The van der Waals surface area contributed by atoms with Crippen LogP contribution in [0.5, 0.6) is 0 Å². The molecule has 0 fully saturated rings. The molecule has 0 radical (unpaired) electrons. The molecule has 1 nitrogen and oxygen atoms in total. The molecule has 0 aromatic heterocycles. The zero-order valence-electron chi connectivity index (χ0n) is 12.2. The Hall–Kier alpha value is -1.90. The zero-order valence-corrected chi connectivity index (χ0v) is 13.8. The summed E-state index contributed by atoms with van der Waals surface area (Å²) in [6.45, 7) is 2.06. The SMILES string of the molecule is Cc1ccc(C2(O)c3ccccc3-c3cc(Br)ccc32)cc1. The number of aliphatic hydroxyl groups is 1. The minimum atomic E-state index is -1.08. The normalized spacial score (nSPS) is 18.9. The van der Waals surface area contributed by atoms with E-state index in [-0.39, 0.29) is 0 Å². The first-order chi connectivity index (χ1) is 10.6. The van der Waals surface area contributed by atoms with E-state index < -0.39 is 5.60 Å². The number of aryl methyl sites for hydroxylation is 1. The van der Waals surface area contributed by atoms with Crippen LogP contribution in [0.1, 0.15) is 22.3 Å². The van der Waals surface area contributed by atoms with E-state index in [2.05, 4.69) is 35.0 Å². The maximum absolute atomic E-state index is 11.6. The maximum Gasteiger partial charge on any atom is 0.141 e. The molecular formula is C20H15BrO. The third kappa shape index (κ3) is 1.81. The van der Waals surface area contributed by atoms with Gasteiger partial charge in [0, 0.05) is 15.6 Å². The van der Waals surface area contributed by atoms with Crippen LogP contribution in [-0.4, -0.2) is 5.11 Å². The first-order valence-electron chi connectivity index (χ1n) is 7.30. The molecule has 3 aromatic rings. The smallest absolute Gasteiger partial charge is 0.141 e. The Labute approximate surface area is 138 Å². The lowest BCUT2D eigenvalue weighted by Gasteiger charge is -2.26. The van der Waals surface area contributed by atoms with Gasteiger partial charge in [0.25, 0.3) is 0 Å². The molecule has 2 heteroatoms. The fraction of sp³-hybridized carbons (Fsp3) is 0.100. The van der Waals surface area contributed by atoms with Gasteiger partial charge in [-0.2, -0.15) is 0 Å². The second kappa shape index (κ2) is 4.80. The average molecular weight is 351 g/mol. The number of rotatable bonds is 1. The summed E-state index contributed by atoms with van der Waals surface area (Å²) in [7, 11) is 0. The fourth-order valence-electron chi connectivity index (χ4n) is 3.34. The molecule has 1 atom stereocenters. The minimum absolute atomic E-state index is 0.909. The van der Waals surface area contributed by atoms with E-state index in [0.29, 0.717) is 0 Å². The van der Waals surface area contributed by atoms with Gasteiger partial charge in [-0.15, -0.1) is 0 Å². The summed E-state index contributed by atoms with van der Waals surface area (Å²) < 4.78 is 1.02. The molecule has 1 unspecified atom stereocenters. The molecule has 0 amide bonds. The van der Waals surface area contributed by atoms with Crippen LogP contribution >= 0.6 is 15.9 Å². The molecular weight excluding hydrogens is 336 g/mol. The summed E-state index contributed by atoms with van der Waals surface area (Å²) in [5.74, 6) is 0. The molecule has 22 heavy (non-hydrogen) atoms. The van der Waals surface area contributed by atoms with Crippen molar-refractivity contribution in [1.29, 1.82) is 0 Å². The van der Waals surface area contributed by atoms with Crippen molar-refractivity contribution in [3.05, 3.63) is 93.5 Å². The van der Waals surface area contributed by atoms with Crippen LogP contribution in [0.3, 0.4) is 0 Å². The van der Waals surface area contributed by atoms with Gasteiger partial charge in [-0.3, -0.25) is 0 Å². The van der Waals surface area contributed by atoms with E-state index in [4.69, 9.17) is 0 Å². The number of hydrogen-bond donors (Lipinski definition) is 1. The van der Waals surface area contributed by atoms with Crippen molar-refractivity contribution in [2.75, 3.05) is 0 Å². The summed E-state index contributed by atoms with van der Waals surface area (Å²) in [6, 6.07) is 22.3. The molecule has 0 bridgehead atoms. The van der Waals surface area contributed by atoms with E-state index >= 15 is 0 Å². The van der Waals surface area contributed by atoms with Gasteiger partial charge in [0.15, 0.2) is 0 Å². The molecule has 0 saturated heterocycles. The van der Waals surface area contributed by atoms with E-state index in [1.807, 2.05) is 54.6 Å². The fourth-order valence-corrected chi connectivity index (χ4v) is 3.70. The number of benzene rings is 3. The summed E-state index contributed by atoms with van der Waals surface area (Å²) >= 11 is 3.54. The zero-order chi connectivity index (χ0) is 15.3. The average Bonchev–Trinajstić information content (AvgIpc) is 2.79. The third-order valence-corrected chi connectivity index (χ3v) is 4.94. The predicted molar refractivity (Wildman–Crippen MR) is 92.9 cm³/mol. The highest BCUT2D eigenvalue weighted by atomic mass is 79.9. The summed E-state index contributed by atoms with van der Waals surface area (Å²) in [4.78, 5) is 0. The Kier molecular flexibility index (Phi) is 3.00. The molecule has 3 aromatic carbocycles. The highest BCUT2D eigenvalue weighted by Crippen LogP contribution is 2.51. The lowest BCUT2D eigenvalue weighted by Crippen LogP contribution is -2.26. The monoisotopic (exact) mass is 350 g/mol. The van der Waals surface area contributed by atoms with Crippen LogP contribution in [0, 0.1) is 6.92 Å². The van der Waals surface area contributed by atoms with Crippen molar-refractivity contribution in [1.82, 2.24) is 0 Å². The number of hydrogen-bond acceptors (Lipinski definition) is 1. The predicted octanol–water partition coefficient (Wildman–Crippen LogP) is 5.02. The summed E-state index contributed by atoms with van der Waals surface area (Å²) in [5, 5.41) is 11.6. The molecule has 108 valence electrons. The molecule has 1 aliphatic carbocycles. The number of fused-ring (bicyclic) bond motifs is 3. The van der Waals surface area contributed by atoms with E-state index in [9.17, 15) is 5.11 Å². The van der Waals surface area contributed by atoms with Crippen molar-refractivity contribution in [2.45, 2.75) is 12.5 Å². The molecule has 1 aliphatic rings. The lowest BCUT2D eigenvalue weighted by molar-refractivity contribution is 0.130. The molecule has 0 aliphatic heterocycles. The largest absolute Gasteiger partial charge is 0.376 e. The van der Waals surface area contributed by atoms with Crippen LogP contribution in [0.15, 0.2) is 71.2 Å². The Balaban J connectivity index is 2.06. The Morgan fingerprint density at radius 1 is 0.818 bits per heavy atom. The summed E-state index contributed by atoms with van der Waals surface area (Å²) in [5.41, 5.74) is 5.10. The first-order valence-corrected chi connectivity index (χ1v) is 8.09. The maximum atomic E-state index is 11.6. The molecule has 0 spiro atoms. The van der Waals surface area contributed by atoms with Crippen molar-refractivity contribution in [2.24, 2.45) is 0 Å². The lowest BCUT2D eigenvalue weighted by atomic mass is 9.84. The second-order valence-electron chi connectivity index (χ2n) is 5.81. The second-order valence-corrected chi connectivity index (χ2v) is 6.73.